The lowest BCUT2D eigenvalue weighted by molar-refractivity contribution is -0.152. The third kappa shape index (κ3) is 4.45. The van der Waals surface area contributed by atoms with Gasteiger partial charge < -0.3 is 15.8 Å². The third-order valence-electron chi connectivity index (χ3n) is 2.04. The summed E-state index contributed by atoms with van der Waals surface area (Å²) in [6.07, 6.45) is 0. The fourth-order valence-electron chi connectivity index (χ4n) is 1.40. The minimum Gasteiger partial charge on any atom is -0.459 e. The third-order valence-corrected chi connectivity index (χ3v) is 2.04. The van der Waals surface area contributed by atoms with Crippen LogP contribution in [0.15, 0.2) is 24.3 Å². The SMILES string of the molecule is CC(C)(C)OC(=O)CNc1ccccc1C(N)=O. The molecule has 3 N–H and O–H groups in total. The van der Waals surface area contributed by atoms with Crippen LogP contribution >= 0.6 is 0 Å². The topological polar surface area (TPSA) is 81.4 Å². The first-order valence-electron chi connectivity index (χ1n) is 5.64. The monoisotopic (exact) mass is 250 g/mol. The Morgan fingerprint density at radius 3 is 2.44 bits per heavy atom. The second kappa shape index (κ2) is 5.53. The fraction of sp³-hybridized carbons (Fsp3) is 0.385. The lowest BCUT2D eigenvalue weighted by Gasteiger charge is -2.20. The van der Waals surface area contributed by atoms with E-state index in [0.717, 1.165) is 0 Å². The molecule has 0 saturated heterocycles. The van der Waals surface area contributed by atoms with E-state index in [-0.39, 0.29) is 12.5 Å². The molecule has 5 nitrogen and oxygen atoms in total. The Hall–Kier alpha value is -2.04. The van der Waals surface area contributed by atoms with E-state index in [0.29, 0.717) is 11.3 Å². The van der Waals surface area contributed by atoms with Crippen molar-refractivity contribution in [3.8, 4) is 0 Å². The van der Waals surface area contributed by atoms with Crippen LogP contribution in [-0.2, 0) is 9.53 Å². The van der Waals surface area contributed by atoms with E-state index in [4.69, 9.17) is 10.5 Å². The number of benzene rings is 1. The Kier molecular flexibility index (Phi) is 4.31. The fourth-order valence-corrected chi connectivity index (χ4v) is 1.40. The number of hydrogen-bond acceptors (Lipinski definition) is 4. The van der Waals surface area contributed by atoms with Gasteiger partial charge in [0.2, 0.25) is 0 Å². The molecule has 18 heavy (non-hydrogen) atoms. The summed E-state index contributed by atoms with van der Waals surface area (Å²) < 4.78 is 5.14. The van der Waals surface area contributed by atoms with Gasteiger partial charge in [-0.1, -0.05) is 12.1 Å². The van der Waals surface area contributed by atoms with Gasteiger partial charge in [-0.05, 0) is 32.9 Å². The van der Waals surface area contributed by atoms with Gasteiger partial charge in [-0.2, -0.15) is 0 Å². The minimum atomic E-state index is -0.540. The van der Waals surface area contributed by atoms with Crippen LogP contribution in [0.1, 0.15) is 31.1 Å². The van der Waals surface area contributed by atoms with Crippen LogP contribution in [0.5, 0.6) is 0 Å². The summed E-state index contributed by atoms with van der Waals surface area (Å²) in [5, 5.41) is 2.84. The van der Waals surface area contributed by atoms with E-state index in [9.17, 15) is 9.59 Å². The number of carbonyl (C=O) groups excluding carboxylic acids is 2. The minimum absolute atomic E-state index is 0.0123. The molecule has 1 aromatic rings. The van der Waals surface area contributed by atoms with Gasteiger partial charge in [0, 0.05) is 5.69 Å². The molecule has 0 atom stereocenters. The quantitative estimate of drug-likeness (QED) is 0.794. The number of primary amides is 1. The maximum Gasteiger partial charge on any atom is 0.325 e. The highest BCUT2D eigenvalue weighted by Gasteiger charge is 2.16. The lowest BCUT2D eigenvalue weighted by atomic mass is 10.1. The molecule has 0 saturated carbocycles. The van der Waals surface area contributed by atoms with E-state index in [1.54, 1.807) is 45.0 Å². The van der Waals surface area contributed by atoms with Crippen molar-refractivity contribution in [3.05, 3.63) is 29.8 Å². The Labute approximate surface area is 106 Å². The van der Waals surface area contributed by atoms with Crippen molar-refractivity contribution in [1.82, 2.24) is 0 Å². The summed E-state index contributed by atoms with van der Waals surface area (Å²) in [7, 11) is 0. The van der Waals surface area contributed by atoms with Gasteiger partial charge in [-0.15, -0.1) is 0 Å². The van der Waals surface area contributed by atoms with Crippen LogP contribution in [0.4, 0.5) is 5.69 Å². The molecular weight excluding hydrogens is 232 g/mol. The first kappa shape index (κ1) is 14.0. The maximum absolute atomic E-state index is 11.5. The zero-order valence-corrected chi connectivity index (χ0v) is 10.8. The normalized spacial score (nSPS) is 10.8. The van der Waals surface area contributed by atoms with E-state index >= 15 is 0 Å². The highest BCUT2D eigenvalue weighted by atomic mass is 16.6. The highest BCUT2D eigenvalue weighted by molar-refractivity contribution is 5.98. The predicted molar refractivity (Wildman–Crippen MR) is 69.3 cm³/mol. The zero-order valence-electron chi connectivity index (χ0n) is 10.8. The molecule has 0 bridgehead atoms. The van der Waals surface area contributed by atoms with E-state index in [2.05, 4.69) is 5.32 Å². The number of para-hydroxylation sites is 1. The van der Waals surface area contributed by atoms with Crippen molar-refractivity contribution in [2.24, 2.45) is 5.73 Å². The van der Waals surface area contributed by atoms with E-state index in [1.165, 1.54) is 0 Å². The van der Waals surface area contributed by atoms with Crippen LogP contribution in [-0.4, -0.2) is 24.0 Å². The Balaban J connectivity index is 2.64. The summed E-state index contributed by atoms with van der Waals surface area (Å²) in [6.45, 7) is 5.37. The van der Waals surface area contributed by atoms with Gasteiger partial charge >= 0.3 is 5.97 Å². The summed E-state index contributed by atoms with van der Waals surface area (Å²) in [5.74, 6) is -0.927. The van der Waals surface area contributed by atoms with Crippen molar-refractivity contribution < 1.29 is 14.3 Å². The number of hydrogen-bond donors (Lipinski definition) is 2. The molecule has 0 aliphatic carbocycles. The van der Waals surface area contributed by atoms with Crippen molar-refractivity contribution in [1.29, 1.82) is 0 Å². The molecule has 0 unspecified atom stereocenters. The maximum atomic E-state index is 11.5. The standard InChI is InChI=1S/C13H18N2O3/c1-13(2,3)18-11(16)8-15-10-7-5-4-6-9(10)12(14)17/h4-7,15H,8H2,1-3H3,(H2,14,17). The second-order valence-corrected chi connectivity index (χ2v) is 4.85. The number of amides is 1. The number of esters is 1. The van der Waals surface area contributed by atoms with Gasteiger partial charge in [0.1, 0.15) is 12.1 Å². The molecule has 1 amide bonds. The van der Waals surface area contributed by atoms with Crippen LogP contribution in [0.3, 0.4) is 0 Å². The van der Waals surface area contributed by atoms with Crippen LogP contribution in [0.25, 0.3) is 0 Å². The van der Waals surface area contributed by atoms with Crippen LogP contribution in [0.2, 0.25) is 0 Å². The molecule has 0 spiro atoms. The molecule has 5 heteroatoms. The van der Waals surface area contributed by atoms with Crippen molar-refractivity contribution in [2.45, 2.75) is 26.4 Å². The molecule has 0 aromatic heterocycles. The number of ether oxygens (including phenoxy) is 1. The summed E-state index contributed by atoms with van der Waals surface area (Å²) in [5.41, 5.74) is 5.57. The van der Waals surface area contributed by atoms with Crippen LogP contribution in [0, 0.1) is 0 Å². The molecule has 98 valence electrons. The van der Waals surface area contributed by atoms with E-state index in [1.807, 2.05) is 0 Å². The average molecular weight is 250 g/mol. The number of rotatable bonds is 4. The Bertz CT molecular complexity index is 450. The molecule has 0 heterocycles. The second-order valence-electron chi connectivity index (χ2n) is 4.85. The molecule has 0 radical (unpaired) electrons. The largest absolute Gasteiger partial charge is 0.459 e. The van der Waals surface area contributed by atoms with Gasteiger partial charge in [0.05, 0.1) is 5.56 Å². The van der Waals surface area contributed by atoms with Gasteiger partial charge in [0.15, 0.2) is 0 Å². The summed E-state index contributed by atoms with van der Waals surface area (Å²) >= 11 is 0. The van der Waals surface area contributed by atoms with Crippen molar-refractivity contribution in [3.63, 3.8) is 0 Å². The molecule has 0 fully saturated rings. The number of nitrogens with one attached hydrogen (secondary N) is 1. The summed E-state index contributed by atoms with van der Waals surface area (Å²) in [6, 6.07) is 6.74. The molecule has 1 rings (SSSR count). The molecule has 0 aliphatic rings. The number of carbonyl (C=O) groups is 2. The number of nitrogens with two attached hydrogens (primary N) is 1. The first-order valence-corrected chi connectivity index (χ1v) is 5.64. The average Bonchev–Trinajstić information content (AvgIpc) is 2.24. The zero-order chi connectivity index (χ0) is 13.8. The molecule has 0 aliphatic heterocycles. The summed E-state index contributed by atoms with van der Waals surface area (Å²) in [4.78, 5) is 22.7. The van der Waals surface area contributed by atoms with Crippen LogP contribution < -0.4 is 11.1 Å². The van der Waals surface area contributed by atoms with Crippen molar-refractivity contribution >= 4 is 17.6 Å². The molecular formula is C13H18N2O3. The highest BCUT2D eigenvalue weighted by Crippen LogP contribution is 2.14. The van der Waals surface area contributed by atoms with E-state index < -0.39 is 11.5 Å². The Morgan fingerprint density at radius 1 is 1.28 bits per heavy atom. The van der Waals surface area contributed by atoms with Gasteiger partial charge in [-0.25, -0.2) is 0 Å². The predicted octanol–water partition coefficient (Wildman–Crippen LogP) is 1.54. The Morgan fingerprint density at radius 2 is 1.89 bits per heavy atom. The first-order chi connectivity index (χ1) is 8.29. The smallest absolute Gasteiger partial charge is 0.325 e. The van der Waals surface area contributed by atoms with Crippen molar-refractivity contribution in [2.75, 3.05) is 11.9 Å². The van der Waals surface area contributed by atoms with Gasteiger partial charge in [-0.3, -0.25) is 9.59 Å². The van der Waals surface area contributed by atoms with Gasteiger partial charge in [0.25, 0.3) is 5.91 Å². The lowest BCUT2D eigenvalue weighted by Crippen LogP contribution is -2.28. The molecule has 1 aromatic carbocycles. The number of anilines is 1.